The lowest BCUT2D eigenvalue weighted by Gasteiger charge is -2.02. The van der Waals surface area contributed by atoms with E-state index < -0.39 is 0 Å². The minimum Gasteiger partial charge on any atom is -0.469 e. The first-order chi connectivity index (χ1) is 6.13. The Kier molecular flexibility index (Phi) is 3.58. The van der Waals surface area contributed by atoms with Crippen LogP contribution in [0.4, 0.5) is 0 Å². The maximum atomic E-state index is 10.9. The highest BCUT2D eigenvalue weighted by Gasteiger charge is 2.07. The largest absolute Gasteiger partial charge is 0.469 e. The summed E-state index contributed by atoms with van der Waals surface area (Å²) in [6, 6.07) is 4.98. The van der Waals surface area contributed by atoms with Crippen LogP contribution in [-0.2, 0) is 16.0 Å². The summed E-state index contributed by atoms with van der Waals surface area (Å²) >= 11 is 11.6. The van der Waals surface area contributed by atoms with Crippen LogP contribution in [0, 0.1) is 0 Å². The molecule has 0 aliphatic carbocycles. The second-order valence-electron chi connectivity index (χ2n) is 2.49. The maximum Gasteiger partial charge on any atom is 0.310 e. The lowest BCUT2D eigenvalue weighted by molar-refractivity contribution is -0.139. The van der Waals surface area contributed by atoms with E-state index in [-0.39, 0.29) is 12.4 Å². The molecule has 0 unspecified atom stereocenters. The fourth-order valence-electron chi connectivity index (χ4n) is 0.906. The van der Waals surface area contributed by atoms with Crippen LogP contribution < -0.4 is 0 Å². The van der Waals surface area contributed by atoms with Gasteiger partial charge in [-0.2, -0.15) is 0 Å². The third-order valence-corrected chi connectivity index (χ3v) is 2.17. The van der Waals surface area contributed by atoms with Crippen LogP contribution in [0.3, 0.4) is 0 Å². The number of esters is 1. The van der Waals surface area contributed by atoms with Gasteiger partial charge in [0.2, 0.25) is 0 Å². The lowest BCUT2D eigenvalue weighted by atomic mass is 10.1. The minimum absolute atomic E-state index is 0.149. The zero-order valence-electron chi connectivity index (χ0n) is 7.01. The van der Waals surface area contributed by atoms with Crippen molar-refractivity contribution in [3.8, 4) is 0 Å². The summed E-state index contributed by atoms with van der Waals surface area (Å²) in [5.41, 5.74) is 0.681. The Balaban J connectivity index is 2.87. The average Bonchev–Trinajstić information content (AvgIpc) is 2.11. The van der Waals surface area contributed by atoms with Crippen molar-refractivity contribution in [3.05, 3.63) is 33.8 Å². The van der Waals surface area contributed by atoms with Gasteiger partial charge >= 0.3 is 5.97 Å². The van der Waals surface area contributed by atoms with E-state index in [9.17, 15) is 4.79 Å². The molecule has 1 aromatic rings. The summed E-state index contributed by atoms with van der Waals surface area (Å²) in [4.78, 5) is 10.9. The summed E-state index contributed by atoms with van der Waals surface area (Å²) in [6.07, 6.45) is 0.149. The van der Waals surface area contributed by atoms with Crippen LogP contribution in [0.25, 0.3) is 0 Å². The topological polar surface area (TPSA) is 26.3 Å². The summed E-state index contributed by atoms with van der Waals surface area (Å²) in [6.45, 7) is 0. The second kappa shape index (κ2) is 4.49. The lowest BCUT2D eigenvalue weighted by Crippen LogP contribution is -2.04. The van der Waals surface area contributed by atoms with Crippen molar-refractivity contribution in [2.45, 2.75) is 6.42 Å². The number of benzene rings is 1. The molecule has 13 heavy (non-hydrogen) atoms. The van der Waals surface area contributed by atoms with E-state index >= 15 is 0 Å². The van der Waals surface area contributed by atoms with Crippen molar-refractivity contribution >= 4 is 29.2 Å². The van der Waals surface area contributed by atoms with E-state index in [1.165, 1.54) is 7.11 Å². The van der Waals surface area contributed by atoms with Gasteiger partial charge in [0.15, 0.2) is 0 Å². The van der Waals surface area contributed by atoms with Crippen molar-refractivity contribution in [1.82, 2.24) is 0 Å². The van der Waals surface area contributed by atoms with Crippen molar-refractivity contribution in [2.24, 2.45) is 0 Å². The van der Waals surface area contributed by atoms with Gasteiger partial charge in [0.1, 0.15) is 0 Å². The fraction of sp³-hybridized carbons (Fsp3) is 0.222. The molecule has 0 saturated carbocycles. The smallest absolute Gasteiger partial charge is 0.310 e. The van der Waals surface area contributed by atoms with Crippen LogP contribution in [0.1, 0.15) is 5.56 Å². The van der Waals surface area contributed by atoms with Gasteiger partial charge in [0.05, 0.1) is 13.5 Å². The molecule has 70 valence electrons. The molecule has 0 amide bonds. The summed E-state index contributed by atoms with van der Waals surface area (Å²) < 4.78 is 4.51. The predicted octanol–water partition coefficient (Wildman–Crippen LogP) is 2.71. The molecule has 0 aliphatic rings. The molecule has 1 aromatic carbocycles. The molecular weight excluding hydrogens is 211 g/mol. The molecule has 1 rings (SSSR count). The highest BCUT2D eigenvalue weighted by Crippen LogP contribution is 2.21. The van der Waals surface area contributed by atoms with Crippen LogP contribution in [0.2, 0.25) is 10.0 Å². The predicted molar refractivity (Wildman–Crippen MR) is 52.2 cm³/mol. The maximum absolute atomic E-state index is 10.9. The van der Waals surface area contributed by atoms with Gasteiger partial charge in [0.25, 0.3) is 0 Å². The number of methoxy groups -OCH3 is 1. The minimum atomic E-state index is -0.329. The molecule has 0 saturated heterocycles. The van der Waals surface area contributed by atoms with E-state index in [2.05, 4.69) is 4.74 Å². The number of ether oxygens (including phenoxy) is 1. The fourth-order valence-corrected chi connectivity index (χ4v) is 1.29. The van der Waals surface area contributed by atoms with Crippen LogP contribution >= 0.6 is 23.2 Å². The van der Waals surface area contributed by atoms with E-state index in [1.54, 1.807) is 18.2 Å². The van der Waals surface area contributed by atoms with E-state index in [1.807, 2.05) is 0 Å². The molecule has 0 heterocycles. The Labute approximate surface area is 86.4 Å². The Hall–Kier alpha value is -0.730. The number of hydrogen-bond donors (Lipinski definition) is 0. The monoisotopic (exact) mass is 218 g/mol. The molecule has 2 nitrogen and oxygen atoms in total. The summed E-state index contributed by atoms with van der Waals surface area (Å²) in [7, 11) is 1.33. The standard InChI is InChI=1S/C9H8Cl2O2/c1-13-9(12)5-6-4-7(10)2-3-8(6)11/h2-4H,5H2,1H3. The van der Waals surface area contributed by atoms with Gasteiger partial charge in [-0.15, -0.1) is 0 Å². The average molecular weight is 219 g/mol. The number of carbonyl (C=O) groups excluding carboxylic acids is 1. The normalized spacial score (nSPS) is 9.77. The number of halogens is 2. The molecule has 0 spiro atoms. The first-order valence-corrected chi connectivity index (χ1v) is 4.40. The third kappa shape index (κ3) is 2.90. The molecular formula is C9H8Cl2O2. The van der Waals surface area contributed by atoms with E-state index in [0.29, 0.717) is 15.6 Å². The van der Waals surface area contributed by atoms with Crippen LogP contribution in [0.15, 0.2) is 18.2 Å². The van der Waals surface area contributed by atoms with E-state index in [4.69, 9.17) is 23.2 Å². The number of rotatable bonds is 2. The number of carbonyl (C=O) groups is 1. The quantitative estimate of drug-likeness (QED) is 0.714. The van der Waals surface area contributed by atoms with Crippen molar-refractivity contribution in [1.29, 1.82) is 0 Å². The first-order valence-electron chi connectivity index (χ1n) is 3.64. The molecule has 0 aromatic heterocycles. The molecule has 0 N–H and O–H groups in total. The Morgan fingerprint density at radius 2 is 2.15 bits per heavy atom. The van der Waals surface area contributed by atoms with Gasteiger partial charge in [0, 0.05) is 10.0 Å². The van der Waals surface area contributed by atoms with E-state index in [0.717, 1.165) is 0 Å². The van der Waals surface area contributed by atoms with Gasteiger partial charge in [-0.3, -0.25) is 4.79 Å². The summed E-state index contributed by atoms with van der Waals surface area (Å²) in [5, 5.41) is 1.08. The molecule has 0 aliphatic heterocycles. The molecule has 4 heteroatoms. The molecule has 0 radical (unpaired) electrons. The Bertz CT molecular complexity index is 323. The Morgan fingerprint density at radius 3 is 2.77 bits per heavy atom. The van der Waals surface area contributed by atoms with Crippen LogP contribution in [-0.4, -0.2) is 13.1 Å². The second-order valence-corrected chi connectivity index (χ2v) is 3.33. The Morgan fingerprint density at radius 1 is 1.46 bits per heavy atom. The zero-order valence-corrected chi connectivity index (χ0v) is 8.52. The van der Waals surface area contributed by atoms with Gasteiger partial charge in [-0.05, 0) is 23.8 Å². The molecule has 0 bridgehead atoms. The van der Waals surface area contributed by atoms with Crippen molar-refractivity contribution < 1.29 is 9.53 Å². The summed E-state index contributed by atoms with van der Waals surface area (Å²) in [5.74, 6) is -0.329. The van der Waals surface area contributed by atoms with Gasteiger partial charge < -0.3 is 4.74 Å². The SMILES string of the molecule is COC(=O)Cc1cc(Cl)ccc1Cl. The number of hydrogen-bond acceptors (Lipinski definition) is 2. The van der Waals surface area contributed by atoms with Crippen molar-refractivity contribution in [2.75, 3.05) is 7.11 Å². The highest BCUT2D eigenvalue weighted by molar-refractivity contribution is 6.33. The first kappa shape index (κ1) is 10.4. The zero-order chi connectivity index (χ0) is 9.84. The van der Waals surface area contributed by atoms with Gasteiger partial charge in [-0.1, -0.05) is 23.2 Å². The third-order valence-electron chi connectivity index (χ3n) is 1.57. The highest BCUT2D eigenvalue weighted by atomic mass is 35.5. The van der Waals surface area contributed by atoms with Gasteiger partial charge in [-0.25, -0.2) is 0 Å². The molecule has 0 fully saturated rings. The van der Waals surface area contributed by atoms with Crippen molar-refractivity contribution in [3.63, 3.8) is 0 Å². The molecule has 0 atom stereocenters. The van der Waals surface area contributed by atoms with Crippen LogP contribution in [0.5, 0.6) is 0 Å².